The van der Waals surface area contributed by atoms with Crippen LogP contribution in [0.2, 0.25) is 0 Å². The van der Waals surface area contributed by atoms with Crippen molar-refractivity contribution in [1.29, 1.82) is 0 Å². The van der Waals surface area contributed by atoms with Crippen LogP contribution >= 0.6 is 0 Å². The van der Waals surface area contributed by atoms with Crippen LogP contribution in [0.4, 0.5) is 0 Å². The molecule has 1 amide bonds. The maximum Gasteiger partial charge on any atom is 0.221 e. The summed E-state index contributed by atoms with van der Waals surface area (Å²) in [5.41, 5.74) is 0.171. The van der Waals surface area contributed by atoms with Gasteiger partial charge in [0.25, 0.3) is 0 Å². The van der Waals surface area contributed by atoms with E-state index in [1.165, 1.54) is 0 Å². The molecule has 1 rings (SSSR count). The van der Waals surface area contributed by atoms with E-state index in [4.69, 9.17) is 0 Å². The Labute approximate surface area is 111 Å². The minimum Gasteiger partial charge on any atom is -0.356 e. The van der Waals surface area contributed by atoms with Crippen LogP contribution in [0, 0.1) is 11.3 Å². The summed E-state index contributed by atoms with van der Waals surface area (Å²) >= 11 is 0. The summed E-state index contributed by atoms with van der Waals surface area (Å²) in [7, 11) is 0. The number of hydrogen-bond acceptors (Lipinski definition) is 3. The molecule has 4 heteroatoms. The van der Waals surface area contributed by atoms with Crippen LogP contribution in [0.15, 0.2) is 0 Å². The predicted octanol–water partition coefficient (Wildman–Crippen LogP) is 1.08. The van der Waals surface area contributed by atoms with Crippen molar-refractivity contribution >= 4 is 5.91 Å². The number of carbonyl (C=O) groups excluding carboxylic acids is 1. The van der Waals surface area contributed by atoms with Gasteiger partial charge in [-0.05, 0) is 11.3 Å². The van der Waals surface area contributed by atoms with E-state index >= 15 is 0 Å². The van der Waals surface area contributed by atoms with E-state index in [0.717, 1.165) is 39.3 Å². The molecule has 4 nitrogen and oxygen atoms in total. The minimum atomic E-state index is 0.171. The van der Waals surface area contributed by atoms with Crippen molar-refractivity contribution in [1.82, 2.24) is 15.5 Å². The average molecular weight is 255 g/mol. The third-order valence-electron chi connectivity index (χ3n) is 4.17. The monoisotopic (exact) mass is 255 g/mol. The maximum absolute atomic E-state index is 11.8. The van der Waals surface area contributed by atoms with E-state index in [0.29, 0.717) is 12.3 Å². The average Bonchev–Trinajstić information content (AvgIpc) is 2.35. The fourth-order valence-electron chi connectivity index (χ4n) is 1.81. The number of nitrogens with one attached hydrogen (secondary N) is 2. The summed E-state index contributed by atoms with van der Waals surface area (Å²) in [5.74, 6) is 0.758. The van der Waals surface area contributed by atoms with Gasteiger partial charge in [-0.15, -0.1) is 0 Å². The summed E-state index contributed by atoms with van der Waals surface area (Å²) in [5, 5.41) is 6.38. The van der Waals surface area contributed by atoms with E-state index in [1.807, 2.05) is 0 Å². The Morgan fingerprint density at radius 3 is 2.50 bits per heavy atom. The van der Waals surface area contributed by atoms with Gasteiger partial charge in [0.15, 0.2) is 0 Å². The lowest BCUT2D eigenvalue weighted by Gasteiger charge is -2.30. The Hall–Kier alpha value is -0.610. The minimum absolute atomic E-state index is 0.171. The lowest BCUT2D eigenvalue weighted by molar-refractivity contribution is -0.122. The number of carbonyl (C=O) groups is 1. The van der Waals surface area contributed by atoms with E-state index in [-0.39, 0.29) is 11.3 Å². The number of hydrogen-bond donors (Lipinski definition) is 2. The first kappa shape index (κ1) is 15.4. The predicted molar refractivity (Wildman–Crippen MR) is 75.6 cm³/mol. The highest BCUT2D eigenvalue weighted by atomic mass is 16.1. The van der Waals surface area contributed by atoms with E-state index in [2.05, 4.69) is 43.2 Å². The molecule has 106 valence electrons. The smallest absolute Gasteiger partial charge is 0.221 e. The Kier molecular flexibility index (Phi) is 6.09. The molecule has 0 radical (unpaired) electrons. The highest BCUT2D eigenvalue weighted by Gasteiger charge is 2.22. The van der Waals surface area contributed by atoms with Crippen molar-refractivity contribution in [2.24, 2.45) is 11.3 Å². The van der Waals surface area contributed by atoms with Crippen LogP contribution in [0.5, 0.6) is 0 Å². The number of nitrogens with zero attached hydrogens (tertiary/aromatic N) is 1. The molecule has 1 fully saturated rings. The maximum atomic E-state index is 11.8. The first-order chi connectivity index (χ1) is 8.42. The van der Waals surface area contributed by atoms with Crippen LogP contribution in [0.1, 0.15) is 34.1 Å². The van der Waals surface area contributed by atoms with Gasteiger partial charge in [-0.3, -0.25) is 4.79 Å². The highest BCUT2D eigenvalue weighted by Crippen LogP contribution is 2.24. The fourth-order valence-corrected chi connectivity index (χ4v) is 1.81. The standard InChI is InChI=1S/C14H29N3O/c1-12(2)14(3,4)11-16-13(18)5-8-17-9-6-15-7-10-17/h12,15H,5-11H2,1-4H3,(H,16,18). The fraction of sp³-hybridized carbons (Fsp3) is 0.929. The number of piperazine rings is 1. The van der Waals surface area contributed by atoms with Crippen molar-refractivity contribution in [3.63, 3.8) is 0 Å². The van der Waals surface area contributed by atoms with E-state index in [1.54, 1.807) is 0 Å². The van der Waals surface area contributed by atoms with E-state index in [9.17, 15) is 4.79 Å². The number of amides is 1. The molecule has 0 bridgehead atoms. The molecule has 2 N–H and O–H groups in total. The molecular formula is C14H29N3O. The lowest BCUT2D eigenvalue weighted by atomic mass is 9.81. The molecule has 1 aliphatic heterocycles. The molecule has 0 aromatic heterocycles. The van der Waals surface area contributed by atoms with Crippen LogP contribution in [0.3, 0.4) is 0 Å². The summed E-state index contributed by atoms with van der Waals surface area (Å²) < 4.78 is 0. The first-order valence-electron chi connectivity index (χ1n) is 7.11. The molecule has 0 aromatic carbocycles. The van der Waals surface area contributed by atoms with Gasteiger partial charge in [-0.1, -0.05) is 27.7 Å². The van der Waals surface area contributed by atoms with Gasteiger partial charge >= 0.3 is 0 Å². The molecule has 0 aliphatic carbocycles. The third kappa shape index (κ3) is 5.36. The topological polar surface area (TPSA) is 44.4 Å². The van der Waals surface area contributed by atoms with Crippen molar-refractivity contribution in [2.45, 2.75) is 34.1 Å². The second-order valence-corrected chi connectivity index (χ2v) is 6.26. The van der Waals surface area contributed by atoms with Gasteiger partial charge < -0.3 is 15.5 Å². The second kappa shape index (κ2) is 7.10. The van der Waals surface area contributed by atoms with Gasteiger partial charge in [0.1, 0.15) is 0 Å². The first-order valence-corrected chi connectivity index (χ1v) is 7.11. The SMILES string of the molecule is CC(C)C(C)(C)CNC(=O)CCN1CCNCC1. The van der Waals surface area contributed by atoms with Gasteiger partial charge in [0.2, 0.25) is 5.91 Å². The number of rotatable bonds is 6. The Morgan fingerprint density at radius 2 is 1.94 bits per heavy atom. The zero-order chi connectivity index (χ0) is 13.6. The van der Waals surface area contributed by atoms with Crippen molar-refractivity contribution in [2.75, 3.05) is 39.3 Å². The van der Waals surface area contributed by atoms with Gasteiger partial charge in [-0.2, -0.15) is 0 Å². The molecule has 0 atom stereocenters. The molecule has 0 spiro atoms. The summed E-state index contributed by atoms with van der Waals surface area (Å²) in [6.07, 6.45) is 0.619. The summed E-state index contributed by atoms with van der Waals surface area (Å²) in [6.45, 7) is 14.7. The van der Waals surface area contributed by atoms with Gasteiger partial charge in [0, 0.05) is 45.7 Å². The normalized spacial score (nSPS) is 18.1. The second-order valence-electron chi connectivity index (χ2n) is 6.26. The zero-order valence-corrected chi connectivity index (χ0v) is 12.4. The largest absolute Gasteiger partial charge is 0.356 e. The van der Waals surface area contributed by atoms with Crippen LogP contribution < -0.4 is 10.6 Å². The van der Waals surface area contributed by atoms with Crippen molar-refractivity contribution in [3.8, 4) is 0 Å². The van der Waals surface area contributed by atoms with Crippen LogP contribution in [0.25, 0.3) is 0 Å². The lowest BCUT2D eigenvalue weighted by Crippen LogP contribution is -2.45. The summed E-state index contributed by atoms with van der Waals surface area (Å²) in [6, 6.07) is 0. The van der Waals surface area contributed by atoms with Crippen molar-refractivity contribution < 1.29 is 4.79 Å². The molecule has 0 aromatic rings. The molecule has 18 heavy (non-hydrogen) atoms. The van der Waals surface area contributed by atoms with Crippen molar-refractivity contribution in [3.05, 3.63) is 0 Å². The molecule has 1 saturated heterocycles. The molecule has 0 saturated carbocycles. The quantitative estimate of drug-likeness (QED) is 0.746. The Morgan fingerprint density at radius 1 is 1.33 bits per heavy atom. The Balaban J connectivity index is 2.17. The van der Waals surface area contributed by atoms with Gasteiger partial charge in [0.05, 0.1) is 0 Å². The van der Waals surface area contributed by atoms with Crippen LogP contribution in [-0.4, -0.2) is 50.1 Å². The molecule has 1 aliphatic rings. The van der Waals surface area contributed by atoms with E-state index < -0.39 is 0 Å². The molecular weight excluding hydrogens is 226 g/mol. The Bertz CT molecular complexity index is 258. The van der Waals surface area contributed by atoms with Crippen LogP contribution in [-0.2, 0) is 4.79 Å². The molecule has 0 unspecified atom stereocenters. The highest BCUT2D eigenvalue weighted by molar-refractivity contribution is 5.76. The zero-order valence-electron chi connectivity index (χ0n) is 12.4. The molecule has 1 heterocycles. The third-order valence-corrected chi connectivity index (χ3v) is 4.17. The van der Waals surface area contributed by atoms with Gasteiger partial charge in [-0.25, -0.2) is 0 Å². The summed E-state index contributed by atoms with van der Waals surface area (Å²) in [4.78, 5) is 14.2.